The van der Waals surface area contributed by atoms with Gasteiger partial charge in [-0.05, 0) is 44.9 Å². The van der Waals surface area contributed by atoms with E-state index >= 15 is 0 Å². The molecule has 26 heavy (non-hydrogen) atoms. The third-order valence-corrected chi connectivity index (χ3v) is 5.67. The Bertz CT molecular complexity index is 653. The fourth-order valence-electron chi connectivity index (χ4n) is 3.74. The number of benzene rings is 1. The minimum Gasteiger partial charge on any atom is -0.495 e. The van der Waals surface area contributed by atoms with E-state index in [0.29, 0.717) is 17.5 Å². The minimum atomic E-state index is -0.166. The minimum absolute atomic E-state index is 0.103. The molecule has 0 spiro atoms. The van der Waals surface area contributed by atoms with Crippen LogP contribution in [0.25, 0.3) is 0 Å². The van der Waals surface area contributed by atoms with E-state index in [2.05, 4.69) is 29.4 Å². The van der Waals surface area contributed by atoms with Crippen LogP contribution in [0.3, 0.4) is 0 Å². The summed E-state index contributed by atoms with van der Waals surface area (Å²) < 4.78 is 11.1. The third-order valence-electron chi connectivity index (χ3n) is 5.44. The number of nitrogens with one attached hydrogen (secondary N) is 2. The number of halogens is 1. The highest BCUT2D eigenvalue weighted by Gasteiger charge is 2.35. The number of anilines is 1. The van der Waals surface area contributed by atoms with E-state index < -0.39 is 0 Å². The molecule has 0 saturated carbocycles. The molecular formula is C19H28ClN3O3. The highest BCUT2D eigenvalue weighted by Crippen LogP contribution is 2.33. The smallest absolute Gasteiger partial charge is 0.315 e. The fourth-order valence-corrected chi connectivity index (χ4v) is 3.90. The van der Waals surface area contributed by atoms with Gasteiger partial charge >= 0.3 is 6.03 Å². The van der Waals surface area contributed by atoms with E-state index in [9.17, 15) is 4.79 Å². The predicted octanol–water partition coefficient (Wildman–Crippen LogP) is 3.04. The number of carbonyl (C=O) groups excluding carboxylic acids is 1. The summed E-state index contributed by atoms with van der Waals surface area (Å²) in [6.07, 6.45) is 1.88. The van der Waals surface area contributed by atoms with Gasteiger partial charge in [-0.2, -0.15) is 0 Å². The molecule has 2 saturated heterocycles. The summed E-state index contributed by atoms with van der Waals surface area (Å²) in [6.45, 7) is 7.15. The van der Waals surface area contributed by atoms with Crippen molar-refractivity contribution in [3.63, 3.8) is 0 Å². The molecule has 2 amide bonds. The van der Waals surface area contributed by atoms with Crippen LogP contribution in [-0.4, -0.2) is 51.0 Å². The van der Waals surface area contributed by atoms with Crippen molar-refractivity contribution in [2.75, 3.05) is 38.3 Å². The second-order valence-corrected chi connectivity index (χ2v) is 7.98. The van der Waals surface area contributed by atoms with Gasteiger partial charge in [0.2, 0.25) is 0 Å². The Balaban J connectivity index is 1.50. The van der Waals surface area contributed by atoms with Crippen molar-refractivity contribution >= 4 is 23.3 Å². The lowest BCUT2D eigenvalue weighted by atomic mass is 9.91. The van der Waals surface area contributed by atoms with Gasteiger partial charge in [-0.1, -0.05) is 11.6 Å². The first-order chi connectivity index (χ1) is 12.4. The number of hydrogen-bond donors (Lipinski definition) is 2. The highest BCUT2D eigenvalue weighted by atomic mass is 35.5. The van der Waals surface area contributed by atoms with Gasteiger partial charge in [0.05, 0.1) is 18.4 Å². The number of hydrogen-bond acceptors (Lipinski definition) is 4. The first-order valence-corrected chi connectivity index (χ1v) is 9.53. The van der Waals surface area contributed by atoms with E-state index in [4.69, 9.17) is 21.1 Å². The molecule has 2 atom stereocenters. The van der Waals surface area contributed by atoms with Gasteiger partial charge in [0.25, 0.3) is 0 Å². The van der Waals surface area contributed by atoms with Crippen molar-refractivity contribution in [3.05, 3.63) is 23.2 Å². The van der Waals surface area contributed by atoms with Crippen LogP contribution < -0.4 is 20.3 Å². The number of carbonyl (C=O) groups is 1. The molecular weight excluding hydrogens is 354 g/mol. The van der Waals surface area contributed by atoms with Crippen molar-refractivity contribution < 1.29 is 14.3 Å². The predicted molar refractivity (Wildman–Crippen MR) is 103 cm³/mol. The lowest BCUT2D eigenvalue weighted by molar-refractivity contribution is 0.0120. The quantitative estimate of drug-likeness (QED) is 0.822. The molecule has 2 N–H and O–H groups in total. The van der Waals surface area contributed by atoms with Gasteiger partial charge in [0, 0.05) is 43.2 Å². The summed E-state index contributed by atoms with van der Waals surface area (Å²) >= 11 is 6.13. The van der Waals surface area contributed by atoms with Crippen molar-refractivity contribution in [1.29, 1.82) is 0 Å². The maximum atomic E-state index is 12.3. The number of rotatable bonds is 5. The second kappa shape index (κ2) is 7.92. The summed E-state index contributed by atoms with van der Waals surface area (Å²) in [5, 5.41) is 6.75. The molecule has 2 aliphatic rings. The van der Waals surface area contributed by atoms with Crippen molar-refractivity contribution in [3.8, 4) is 5.75 Å². The number of amides is 2. The fraction of sp³-hybridized carbons (Fsp3) is 0.632. The number of methoxy groups -OCH3 is 1. The molecule has 7 heteroatoms. The third kappa shape index (κ3) is 4.35. The molecule has 3 rings (SSSR count). The van der Waals surface area contributed by atoms with Gasteiger partial charge in [0.1, 0.15) is 5.75 Å². The second-order valence-electron chi connectivity index (χ2n) is 7.54. The van der Waals surface area contributed by atoms with Crippen LogP contribution in [0.15, 0.2) is 18.2 Å². The summed E-state index contributed by atoms with van der Waals surface area (Å²) in [6, 6.07) is 5.59. The maximum Gasteiger partial charge on any atom is 0.315 e. The van der Waals surface area contributed by atoms with Crippen molar-refractivity contribution in [2.45, 2.75) is 38.3 Å². The largest absolute Gasteiger partial charge is 0.495 e. The first-order valence-electron chi connectivity index (χ1n) is 9.16. The lowest BCUT2D eigenvalue weighted by Crippen LogP contribution is -2.46. The Labute approximate surface area is 160 Å². The molecule has 0 radical (unpaired) electrons. The zero-order valence-corrected chi connectivity index (χ0v) is 16.4. The molecule has 0 aromatic heterocycles. The molecule has 144 valence electrons. The van der Waals surface area contributed by atoms with Crippen LogP contribution in [0, 0.1) is 5.92 Å². The SMILES string of the molecule is COc1ccc(Cl)cc1N1CCC(NC(=O)NCC2CCOC2(C)C)C1. The van der Waals surface area contributed by atoms with Crippen LogP contribution >= 0.6 is 11.6 Å². The number of nitrogens with zero attached hydrogens (tertiary/aromatic N) is 1. The summed E-state index contributed by atoms with van der Waals surface area (Å²) in [5.74, 6) is 1.15. The molecule has 2 heterocycles. The molecule has 0 bridgehead atoms. The van der Waals surface area contributed by atoms with Crippen LogP contribution in [0.2, 0.25) is 5.02 Å². The normalized spacial score (nSPS) is 24.5. The first kappa shape index (κ1) is 19.1. The van der Waals surface area contributed by atoms with Crippen LogP contribution in [-0.2, 0) is 4.74 Å². The van der Waals surface area contributed by atoms with Gasteiger partial charge < -0.3 is 25.0 Å². The van der Waals surface area contributed by atoms with E-state index in [-0.39, 0.29) is 17.7 Å². The molecule has 0 aliphatic carbocycles. The Hall–Kier alpha value is -1.66. The zero-order chi connectivity index (χ0) is 18.7. The Morgan fingerprint density at radius 3 is 2.92 bits per heavy atom. The highest BCUT2D eigenvalue weighted by molar-refractivity contribution is 6.30. The maximum absolute atomic E-state index is 12.3. The Kier molecular flexibility index (Phi) is 5.82. The molecule has 1 aromatic rings. The zero-order valence-electron chi connectivity index (χ0n) is 15.7. The average molecular weight is 382 g/mol. The number of urea groups is 1. The van der Waals surface area contributed by atoms with E-state index in [1.807, 2.05) is 18.2 Å². The van der Waals surface area contributed by atoms with E-state index in [1.165, 1.54) is 0 Å². The monoisotopic (exact) mass is 381 g/mol. The van der Waals surface area contributed by atoms with Gasteiger partial charge in [-0.3, -0.25) is 0 Å². The van der Waals surface area contributed by atoms with E-state index in [0.717, 1.165) is 44.0 Å². The Morgan fingerprint density at radius 1 is 1.42 bits per heavy atom. The summed E-state index contributed by atoms with van der Waals surface area (Å²) in [4.78, 5) is 14.5. The summed E-state index contributed by atoms with van der Waals surface area (Å²) in [7, 11) is 1.65. The van der Waals surface area contributed by atoms with Gasteiger partial charge in [0.15, 0.2) is 0 Å². The molecule has 2 fully saturated rings. The molecule has 1 aromatic carbocycles. The summed E-state index contributed by atoms with van der Waals surface area (Å²) in [5.41, 5.74) is 0.801. The van der Waals surface area contributed by atoms with Crippen LogP contribution in [0.5, 0.6) is 5.75 Å². The average Bonchev–Trinajstić information content (AvgIpc) is 3.19. The topological polar surface area (TPSA) is 62.8 Å². The van der Waals surface area contributed by atoms with Gasteiger partial charge in [-0.15, -0.1) is 0 Å². The Morgan fingerprint density at radius 2 is 2.23 bits per heavy atom. The van der Waals surface area contributed by atoms with Crippen molar-refractivity contribution in [2.24, 2.45) is 5.92 Å². The standard InChI is InChI=1S/C19H28ClN3O3/c1-19(2)13(7-9-26-19)11-21-18(24)22-15-6-8-23(12-15)16-10-14(20)4-5-17(16)25-3/h4-5,10,13,15H,6-9,11-12H2,1-3H3,(H2,21,22,24). The van der Waals surface area contributed by atoms with Gasteiger partial charge in [-0.25, -0.2) is 4.79 Å². The lowest BCUT2D eigenvalue weighted by Gasteiger charge is -2.26. The number of ether oxygens (including phenoxy) is 2. The van der Waals surface area contributed by atoms with E-state index in [1.54, 1.807) is 7.11 Å². The van der Waals surface area contributed by atoms with Crippen LogP contribution in [0.4, 0.5) is 10.5 Å². The molecule has 2 unspecified atom stereocenters. The van der Waals surface area contributed by atoms with Crippen molar-refractivity contribution in [1.82, 2.24) is 10.6 Å². The van der Waals surface area contributed by atoms with Crippen LogP contribution in [0.1, 0.15) is 26.7 Å². The molecule has 2 aliphatic heterocycles. The molecule has 6 nitrogen and oxygen atoms in total.